The first-order valence-electron chi connectivity index (χ1n) is 6.95. The third-order valence-electron chi connectivity index (χ3n) is 3.81. The van der Waals surface area contributed by atoms with Gasteiger partial charge in [0.1, 0.15) is 5.75 Å². The summed E-state index contributed by atoms with van der Waals surface area (Å²) >= 11 is 0. The van der Waals surface area contributed by atoms with Crippen LogP contribution in [0.25, 0.3) is 0 Å². The lowest BCUT2D eigenvalue weighted by Gasteiger charge is -2.41. The molecule has 110 valence electrons. The second-order valence-electron chi connectivity index (χ2n) is 5.91. The van der Waals surface area contributed by atoms with Crippen LogP contribution < -0.4 is 4.74 Å². The molecule has 4 heteroatoms. The van der Waals surface area contributed by atoms with Gasteiger partial charge in [0.15, 0.2) is 5.78 Å². The lowest BCUT2D eigenvalue weighted by Crippen LogP contribution is -2.54. The Balaban J connectivity index is 2.16. The number of ether oxygens (including phenoxy) is 2. The third kappa shape index (κ3) is 3.19. The SMILES string of the molecule is COc1cc(C)ccc1C(=O)CN1CCOCC1(C)C. The van der Waals surface area contributed by atoms with Crippen LogP contribution in [-0.2, 0) is 4.74 Å². The minimum atomic E-state index is -0.105. The molecule has 0 amide bonds. The number of nitrogens with zero attached hydrogens (tertiary/aromatic N) is 1. The lowest BCUT2D eigenvalue weighted by atomic mass is 10.00. The van der Waals surface area contributed by atoms with Crippen LogP contribution >= 0.6 is 0 Å². The molecule has 1 aromatic rings. The average Bonchev–Trinajstić information content (AvgIpc) is 2.40. The highest BCUT2D eigenvalue weighted by Gasteiger charge is 2.32. The molecule has 1 aliphatic heterocycles. The number of benzene rings is 1. The van der Waals surface area contributed by atoms with E-state index in [-0.39, 0.29) is 11.3 Å². The van der Waals surface area contributed by atoms with Crippen LogP contribution in [0.1, 0.15) is 29.8 Å². The van der Waals surface area contributed by atoms with Gasteiger partial charge in [0.25, 0.3) is 0 Å². The zero-order valence-electron chi connectivity index (χ0n) is 12.7. The Bertz CT molecular complexity index is 496. The highest BCUT2D eigenvalue weighted by atomic mass is 16.5. The van der Waals surface area contributed by atoms with E-state index in [1.54, 1.807) is 7.11 Å². The van der Waals surface area contributed by atoms with Crippen molar-refractivity contribution in [1.82, 2.24) is 4.90 Å². The van der Waals surface area contributed by atoms with E-state index >= 15 is 0 Å². The molecule has 0 saturated carbocycles. The van der Waals surface area contributed by atoms with Gasteiger partial charge in [-0.2, -0.15) is 0 Å². The summed E-state index contributed by atoms with van der Waals surface area (Å²) in [7, 11) is 1.60. The van der Waals surface area contributed by atoms with Gasteiger partial charge in [0.2, 0.25) is 0 Å². The molecule has 0 spiro atoms. The van der Waals surface area contributed by atoms with Gasteiger partial charge in [-0.25, -0.2) is 0 Å². The van der Waals surface area contributed by atoms with Crippen LogP contribution in [-0.4, -0.2) is 49.6 Å². The van der Waals surface area contributed by atoms with Crippen molar-refractivity contribution in [2.75, 3.05) is 33.4 Å². The van der Waals surface area contributed by atoms with Gasteiger partial charge in [0.05, 0.1) is 32.4 Å². The van der Waals surface area contributed by atoms with Crippen LogP contribution in [0, 0.1) is 6.92 Å². The van der Waals surface area contributed by atoms with E-state index in [2.05, 4.69) is 18.7 Å². The maximum atomic E-state index is 12.5. The molecule has 0 atom stereocenters. The van der Waals surface area contributed by atoms with Crippen LogP contribution in [0.15, 0.2) is 18.2 Å². The van der Waals surface area contributed by atoms with Gasteiger partial charge in [-0.05, 0) is 38.5 Å². The number of carbonyl (C=O) groups excluding carboxylic acids is 1. The maximum Gasteiger partial charge on any atom is 0.180 e. The minimum absolute atomic E-state index is 0.0943. The van der Waals surface area contributed by atoms with Crippen molar-refractivity contribution < 1.29 is 14.3 Å². The maximum absolute atomic E-state index is 12.5. The Morgan fingerprint density at radius 1 is 1.45 bits per heavy atom. The average molecular weight is 277 g/mol. The number of rotatable bonds is 4. The summed E-state index contributed by atoms with van der Waals surface area (Å²) in [6.07, 6.45) is 0. The fourth-order valence-corrected chi connectivity index (χ4v) is 2.47. The molecule has 1 aliphatic rings. The van der Waals surface area contributed by atoms with Gasteiger partial charge >= 0.3 is 0 Å². The first kappa shape index (κ1) is 15.0. The van der Waals surface area contributed by atoms with Gasteiger partial charge in [-0.3, -0.25) is 9.69 Å². The van der Waals surface area contributed by atoms with E-state index in [1.165, 1.54) is 0 Å². The molecule has 0 N–H and O–H groups in total. The number of hydrogen-bond donors (Lipinski definition) is 0. The Morgan fingerprint density at radius 2 is 2.20 bits per heavy atom. The summed E-state index contributed by atoms with van der Waals surface area (Å²) < 4.78 is 10.8. The molecular weight excluding hydrogens is 254 g/mol. The monoisotopic (exact) mass is 277 g/mol. The molecule has 1 aromatic carbocycles. The lowest BCUT2D eigenvalue weighted by molar-refractivity contribution is -0.0467. The largest absolute Gasteiger partial charge is 0.496 e. The van der Waals surface area contributed by atoms with Crippen LogP contribution in [0.4, 0.5) is 0 Å². The summed E-state index contributed by atoms with van der Waals surface area (Å²) in [5.74, 6) is 0.748. The quantitative estimate of drug-likeness (QED) is 0.792. The molecule has 20 heavy (non-hydrogen) atoms. The van der Waals surface area contributed by atoms with Crippen LogP contribution in [0.2, 0.25) is 0 Å². The van der Waals surface area contributed by atoms with E-state index in [0.717, 1.165) is 12.1 Å². The smallest absolute Gasteiger partial charge is 0.180 e. The van der Waals surface area contributed by atoms with Crippen molar-refractivity contribution in [2.24, 2.45) is 0 Å². The predicted octanol–water partition coefficient (Wildman–Crippen LogP) is 2.30. The fourth-order valence-electron chi connectivity index (χ4n) is 2.47. The molecule has 1 saturated heterocycles. The summed E-state index contributed by atoms with van der Waals surface area (Å²) in [5.41, 5.74) is 1.64. The van der Waals surface area contributed by atoms with E-state index < -0.39 is 0 Å². The number of aryl methyl sites for hydroxylation is 1. The second-order valence-corrected chi connectivity index (χ2v) is 5.91. The highest BCUT2D eigenvalue weighted by Crippen LogP contribution is 2.23. The summed E-state index contributed by atoms with van der Waals surface area (Å²) in [4.78, 5) is 14.7. The van der Waals surface area contributed by atoms with Crippen LogP contribution in [0.5, 0.6) is 5.75 Å². The number of ketones is 1. The van der Waals surface area contributed by atoms with Crippen molar-refractivity contribution in [3.05, 3.63) is 29.3 Å². The van der Waals surface area contributed by atoms with Crippen molar-refractivity contribution in [3.8, 4) is 5.75 Å². The number of hydrogen-bond acceptors (Lipinski definition) is 4. The van der Waals surface area contributed by atoms with Crippen LogP contribution in [0.3, 0.4) is 0 Å². The summed E-state index contributed by atoms with van der Waals surface area (Å²) in [6.45, 7) is 8.72. The molecule has 1 fully saturated rings. The minimum Gasteiger partial charge on any atom is -0.496 e. The number of morpholine rings is 1. The van der Waals surface area contributed by atoms with Gasteiger partial charge in [-0.1, -0.05) is 6.07 Å². The molecule has 0 aliphatic carbocycles. The summed E-state index contributed by atoms with van der Waals surface area (Å²) in [6, 6.07) is 5.70. The van der Waals surface area contributed by atoms with Crippen molar-refractivity contribution >= 4 is 5.78 Å². The Labute approximate surface area is 120 Å². The Morgan fingerprint density at radius 3 is 2.85 bits per heavy atom. The topological polar surface area (TPSA) is 38.8 Å². The Kier molecular flexibility index (Phi) is 4.45. The molecule has 4 nitrogen and oxygen atoms in total. The van der Waals surface area contributed by atoms with Gasteiger partial charge in [-0.15, -0.1) is 0 Å². The highest BCUT2D eigenvalue weighted by molar-refractivity contribution is 6.00. The van der Waals surface area contributed by atoms with Gasteiger partial charge < -0.3 is 9.47 Å². The zero-order valence-corrected chi connectivity index (χ0v) is 12.7. The molecule has 2 rings (SSSR count). The number of methoxy groups -OCH3 is 1. The normalized spacial score (nSPS) is 18.8. The Hall–Kier alpha value is -1.39. The van der Waals surface area contributed by atoms with Crippen molar-refractivity contribution in [3.63, 3.8) is 0 Å². The fraction of sp³-hybridized carbons (Fsp3) is 0.562. The molecular formula is C16H23NO3. The van der Waals surface area contributed by atoms with E-state index in [0.29, 0.717) is 31.1 Å². The molecule has 0 radical (unpaired) electrons. The van der Waals surface area contributed by atoms with Gasteiger partial charge in [0, 0.05) is 12.1 Å². The van der Waals surface area contributed by atoms with E-state index in [9.17, 15) is 4.79 Å². The first-order chi connectivity index (χ1) is 9.44. The number of Topliss-reactive ketones (excluding diaryl/α,β-unsaturated/α-hetero) is 1. The third-order valence-corrected chi connectivity index (χ3v) is 3.81. The van der Waals surface area contributed by atoms with Crippen molar-refractivity contribution in [1.29, 1.82) is 0 Å². The van der Waals surface area contributed by atoms with E-state index in [1.807, 2.05) is 25.1 Å². The molecule has 0 unspecified atom stereocenters. The van der Waals surface area contributed by atoms with Crippen molar-refractivity contribution in [2.45, 2.75) is 26.3 Å². The first-order valence-corrected chi connectivity index (χ1v) is 6.95. The second kappa shape index (κ2) is 5.94. The zero-order chi connectivity index (χ0) is 14.8. The summed E-state index contributed by atoms with van der Waals surface area (Å²) in [5, 5.41) is 0. The predicted molar refractivity (Wildman–Crippen MR) is 78.5 cm³/mol. The van der Waals surface area contributed by atoms with E-state index in [4.69, 9.17) is 9.47 Å². The molecule has 1 heterocycles. The molecule has 0 aromatic heterocycles. The molecule has 0 bridgehead atoms. The standard InChI is InChI=1S/C16H23NO3/c1-12-5-6-13(15(9-12)19-4)14(18)10-17-7-8-20-11-16(17,2)3/h5-6,9H,7-8,10-11H2,1-4H3. The number of carbonyl (C=O) groups is 1.